The summed E-state index contributed by atoms with van der Waals surface area (Å²) in [5, 5.41) is 4.74. The third kappa shape index (κ3) is 3.26. The zero-order valence-corrected chi connectivity index (χ0v) is 20.2. The lowest BCUT2D eigenvalue weighted by atomic mass is 9.83. The molecule has 2 atom stereocenters. The number of nitrogens with one attached hydrogen (secondary N) is 3. The average Bonchev–Trinajstić information content (AvgIpc) is 3.25. The molecular weight excluding hydrogens is 488 g/mol. The number of aromatic amines is 2. The number of hydrogen-bond acceptors (Lipinski definition) is 3. The number of carbonyl (C=O) groups is 3. The van der Waals surface area contributed by atoms with Crippen molar-refractivity contribution >= 4 is 51.2 Å². The summed E-state index contributed by atoms with van der Waals surface area (Å²) in [7, 11) is 0. The number of piperidine rings is 1. The predicted octanol–water partition coefficient (Wildman–Crippen LogP) is 6.24. The van der Waals surface area contributed by atoms with E-state index in [-0.39, 0.29) is 30.9 Å². The summed E-state index contributed by atoms with van der Waals surface area (Å²) in [5.74, 6) is -0.0645. The number of carbonyl (C=O) groups excluding carboxylic acids is 3. The van der Waals surface area contributed by atoms with Crippen molar-refractivity contribution in [1.82, 2.24) is 14.9 Å². The molecule has 1 saturated heterocycles. The number of likely N-dealkylation sites (tertiary alicyclic amines) is 1. The van der Waals surface area contributed by atoms with Gasteiger partial charge < -0.3 is 20.2 Å². The maximum absolute atomic E-state index is 13.7. The molecule has 7 nitrogen and oxygen atoms in total. The van der Waals surface area contributed by atoms with E-state index in [1.165, 1.54) is 0 Å². The standard InChI is InChI=1S/C31H22N4O3.CH4/c36-28-22-7-3-1-5-17(22)14-27-31(28)15-20(31)16-35(27)30(38)26-13-19-11-21(9-10-24(19)34-26)32-29(37)25-12-18-6-2-4-8-23(18)33-25;/h1-14,20,33-34H,15-16H2,(H,32,37);1H4. The maximum atomic E-state index is 13.7. The van der Waals surface area contributed by atoms with Gasteiger partial charge in [-0.3, -0.25) is 14.4 Å². The number of H-pyrrole nitrogens is 2. The number of ketones is 1. The first-order valence-electron chi connectivity index (χ1n) is 12.7. The van der Waals surface area contributed by atoms with E-state index in [0.717, 1.165) is 45.1 Å². The molecule has 2 amide bonds. The number of amides is 2. The van der Waals surface area contributed by atoms with Crippen LogP contribution in [0.4, 0.5) is 5.69 Å². The van der Waals surface area contributed by atoms with Crippen LogP contribution in [0.3, 0.4) is 0 Å². The second-order valence-electron chi connectivity index (χ2n) is 10.4. The van der Waals surface area contributed by atoms with Gasteiger partial charge in [0.2, 0.25) is 0 Å². The van der Waals surface area contributed by atoms with Crippen LogP contribution in [0.15, 0.2) is 84.6 Å². The zero-order valence-electron chi connectivity index (χ0n) is 20.2. The summed E-state index contributed by atoms with van der Waals surface area (Å²) in [5.41, 5.74) is 5.18. The lowest BCUT2D eigenvalue weighted by molar-refractivity contribution is 0.0799. The Bertz CT molecular complexity index is 1860. The highest BCUT2D eigenvalue weighted by atomic mass is 16.2. The summed E-state index contributed by atoms with van der Waals surface area (Å²) in [4.78, 5) is 48.0. The third-order valence-corrected chi connectivity index (χ3v) is 8.29. The van der Waals surface area contributed by atoms with Crippen LogP contribution in [-0.4, -0.2) is 39.0 Å². The number of fused-ring (bicyclic) bond motifs is 3. The first kappa shape index (κ1) is 23.2. The van der Waals surface area contributed by atoms with Gasteiger partial charge in [-0.2, -0.15) is 0 Å². The highest BCUT2D eigenvalue weighted by Crippen LogP contribution is 2.67. The number of rotatable bonds is 3. The van der Waals surface area contributed by atoms with Gasteiger partial charge in [-0.25, -0.2) is 0 Å². The number of hydrogen-bond donors (Lipinski definition) is 3. The van der Waals surface area contributed by atoms with Crippen LogP contribution in [0.1, 0.15) is 50.7 Å². The van der Waals surface area contributed by atoms with E-state index in [1.54, 1.807) is 4.90 Å². The average molecular weight is 515 g/mol. The number of nitrogens with zero attached hydrogens (tertiary/aromatic N) is 1. The molecule has 1 aliphatic heterocycles. The summed E-state index contributed by atoms with van der Waals surface area (Å²) in [6.07, 6.45) is 2.82. The second-order valence-corrected chi connectivity index (χ2v) is 10.4. The molecule has 39 heavy (non-hydrogen) atoms. The fourth-order valence-corrected chi connectivity index (χ4v) is 6.30. The van der Waals surface area contributed by atoms with Crippen LogP contribution in [0.25, 0.3) is 27.9 Å². The van der Waals surface area contributed by atoms with Gasteiger partial charge in [0.15, 0.2) is 5.78 Å². The SMILES string of the molecule is C.O=C(Nc1ccc2[nH]c(C(=O)N3CC4CC45C(=O)c4ccccc4C=C35)cc2c1)c1cc2ccccc2[nH]1. The second kappa shape index (κ2) is 8.04. The number of aromatic nitrogens is 2. The Morgan fingerprint density at radius 2 is 1.62 bits per heavy atom. The monoisotopic (exact) mass is 514 g/mol. The van der Waals surface area contributed by atoms with E-state index >= 15 is 0 Å². The Labute approximate surface area is 224 Å². The molecule has 192 valence electrons. The Balaban J connectivity index is 0.00000253. The molecule has 3 heterocycles. The van der Waals surface area contributed by atoms with Crippen molar-refractivity contribution in [1.29, 1.82) is 0 Å². The largest absolute Gasteiger partial charge is 0.351 e. The molecule has 8 rings (SSSR count). The summed E-state index contributed by atoms with van der Waals surface area (Å²) in [6, 6.07) is 24.5. The Morgan fingerprint density at radius 1 is 0.872 bits per heavy atom. The quantitative estimate of drug-likeness (QED) is 0.266. The molecule has 2 aromatic heterocycles. The van der Waals surface area contributed by atoms with Gasteiger partial charge in [0.05, 0.1) is 5.41 Å². The molecule has 3 N–H and O–H groups in total. The third-order valence-electron chi connectivity index (χ3n) is 8.29. The topological polar surface area (TPSA) is 98.1 Å². The van der Waals surface area contributed by atoms with Crippen LogP contribution < -0.4 is 5.32 Å². The van der Waals surface area contributed by atoms with E-state index in [2.05, 4.69) is 15.3 Å². The minimum absolute atomic E-state index is 0. The van der Waals surface area contributed by atoms with E-state index in [0.29, 0.717) is 23.6 Å². The van der Waals surface area contributed by atoms with Gasteiger partial charge in [0.1, 0.15) is 11.4 Å². The lowest BCUT2D eigenvalue weighted by Crippen LogP contribution is -2.34. The highest BCUT2D eigenvalue weighted by Gasteiger charge is 2.69. The predicted molar refractivity (Wildman–Crippen MR) is 152 cm³/mol. The Kier molecular flexibility index (Phi) is 4.79. The Morgan fingerprint density at radius 3 is 2.49 bits per heavy atom. The van der Waals surface area contributed by atoms with Crippen molar-refractivity contribution in [2.45, 2.75) is 13.8 Å². The van der Waals surface area contributed by atoms with Crippen molar-refractivity contribution in [3.05, 3.63) is 107 Å². The molecule has 2 aliphatic carbocycles. The van der Waals surface area contributed by atoms with Crippen molar-refractivity contribution in [2.75, 3.05) is 11.9 Å². The molecule has 2 unspecified atom stereocenters. The van der Waals surface area contributed by atoms with Gasteiger partial charge >= 0.3 is 0 Å². The maximum Gasteiger partial charge on any atom is 0.274 e. The molecule has 0 radical (unpaired) electrons. The first-order chi connectivity index (χ1) is 18.5. The molecule has 2 fully saturated rings. The van der Waals surface area contributed by atoms with Crippen LogP contribution in [0, 0.1) is 11.3 Å². The van der Waals surface area contributed by atoms with Crippen LogP contribution in [0.2, 0.25) is 0 Å². The molecule has 0 bridgehead atoms. The summed E-state index contributed by atoms with van der Waals surface area (Å²) < 4.78 is 0. The van der Waals surface area contributed by atoms with Crippen LogP contribution in [-0.2, 0) is 0 Å². The van der Waals surface area contributed by atoms with E-state index in [4.69, 9.17) is 0 Å². The fraction of sp³-hybridized carbons (Fsp3) is 0.156. The number of anilines is 1. The minimum atomic E-state index is -0.546. The molecule has 1 saturated carbocycles. The summed E-state index contributed by atoms with van der Waals surface area (Å²) in [6.45, 7) is 0.547. The smallest absolute Gasteiger partial charge is 0.274 e. The lowest BCUT2D eigenvalue weighted by Gasteiger charge is -2.28. The number of Topliss-reactive ketones (excluding diaryl/α,β-unsaturated/α-hetero) is 1. The van der Waals surface area contributed by atoms with E-state index in [1.807, 2.05) is 84.9 Å². The molecule has 7 heteroatoms. The Hall–Kier alpha value is -4.91. The molecule has 3 aliphatic rings. The van der Waals surface area contributed by atoms with Crippen LogP contribution in [0.5, 0.6) is 0 Å². The van der Waals surface area contributed by atoms with E-state index < -0.39 is 5.41 Å². The normalized spacial score (nSPS) is 20.6. The van der Waals surface area contributed by atoms with Gasteiger partial charge in [0.25, 0.3) is 11.8 Å². The van der Waals surface area contributed by atoms with Gasteiger partial charge in [-0.15, -0.1) is 0 Å². The molecular formula is C32H26N4O3. The molecule has 3 aromatic carbocycles. The van der Waals surface area contributed by atoms with Crippen molar-refractivity contribution in [2.24, 2.45) is 11.3 Å². The highest BCUT2D eigenvalue weighted by molar-refractivity contribution is 6.13. The number of para-hydroxylation sites is 1. The zero-order chi connectivity index (χ0) is 25.6. The number of allylic oxidation sites excluding steroid dienone is 1. The number of benzene rings is 3. The van der Waals surface area contributed by atoms with Crippen molar-refractivity contribution in [3.8, 4) is 0 Å². The van der Waals surface area contributed by atoms with Crippen molar-refractivity contribution < 1.29 is 14.4 Å². The minimum Gasteiger partial charge on any atom is -0.351 e. The molecule has 1 spiro atoms. The first-order valence-corrected chi connectivity index (χ1v) is 12.7. The molecule has 5 aromatic rings. The van der Waals surface area contributed by atoms with Crippen molar-refractivity contribution in [3.63, 3.8) is 0 Å². The fourth-order valence-electron chi connectivity index (χ4n) is 6.30. The van der Waals surface area contributed by atoms with Gasteiger partial charge in [-0.05, 0) is 60.4 Å². The van der Waals surface area contributed by atoms with Gasteiger partial charge in [-0.1, -0.05) is 49.9 Å². The summed E-state index contributed by atoms with van der Waals surface area (Å²) >= 11 is 0. The van der Waals surface area contributed by atoms with Gasteiger partial charge in [0, 0.05) is 45.3 Å². The van der Waals surface area contributed by atoms with E-state index in [9.17, 15) is 14.4 Å². The van der Waals surface area contributed by atoms with Crippen LogP contribution >= 0.6 is 0 Å².